The van der Waals surface area contributed by atoms with Gasteiger partial charge in [0.05, 0.1) is 18.8 Å². The van der Waals surface area contributed by atoms with Crippen molar-refractivity contribution in [1.29, 1.82) is 0 Å². The molecule has 0 radical (unpaired) electrons. The Balaban J connectivity index is 0.00000450. The van der Waals surface area contributed by atoms with E-state index in [1.165, 1.54) is 12.6 Å². The highest BCUT2D eigenvalue weighted by molar-refractivity contribution is 14.0. The van der Waals surface area contributed by atoms with Crippen molar-refractivity contribution < 1.29 is 13.2 Å². The smallest absolute Gasteiger partial charge is 0.215 e. The van der Waals surface area contributed by atoms with E-state index in [0.717, 1.165) is 23.4 Å². The zero-order valence-corrected chi connectivity index (χ0v) is 20.8. The Labute approximate surface area is 196 Å². The monoisotopic (exact) mass is 546 g/mol. The van der Waals surface area contributed by atoms with Crippen molar-refractivity contribution in [3.8, 4) is 5.75 Å². The fourth-order valence-corrected chi connectivity index (χ4v) is 3.36. The fraction of sp³-hybridized carbons (Fsp3) is 0.381. The van der Waals surface area contributed by atoms with Crippen LogP contribution in [-0.4, -0.2) is 41.1 Å². The Morgan fingerprint density at radius 3 is 2.43 bits per heavy atom. The van der Waals surface area contributed by atoms with E-state index in [-0.39, 0.29) is 29.7 Å². The molecule has 0 saturated heterocycles. The number of sulfonamides is 1. The van der Waals surface area contributed by atoms with Crippen LogP contribution in [0.25, 0.3) is 0 Å². The van der Waals surface area contributed by atoms with Gasteiger partial charge in [-0.15, -0.1) is 24.0 Å². The van der Waals surface area contributed by atoms with E-state index in [0.29, 0.717) is 25.7 Å². The highest BCUT2D eigenvalue weighted by Gasteiger charge is 2.08. The molecule has 0 aliphatic rings. The molecule has 0 amide bonds. The summed E-state index contributed by atoms with van der Waals surface area (Å²) < 4.78 is 31.5. The van der Waals surface area contributed by atoms with E-state index in [2.05, 4.69) is 20.3 Å². The van der Waals surface area contributed by atoms with Gasteiger partial charge in [-0.25, -0.2) is 18.1 Å². The minimum absolute atomic E-state index is 0. The highest BCUT2D eigenvalue weighted by Crippen LogP contribution is 2.11. The Bertz CT molecular complexity index is 903. The summed E-state index contributed by atoms with van der Waals surface area (Å²) in [5.74, 6) is 1.48. The number of rotatable bonds is 10. The lowest BCUT2D eigenvalue weighted by Crippen LogP contribution is -2.39. The van der Waals surface area contributed by atoms with Crippen molar-refractivity contribution in [3.05, 3.63) is 65.2 Å². The average molecular weight is 546 g/mol. The third-order valence-corrected chi connectivity index (χ3v) is 5.44. The van der Waals surface area contributed by atoms with Gasteiger partial charge in [0.25, 0.3) is 0 Å². The molecule has 0 atom stereocenters. The van der Waals surface area contributed by atoms with E-state index in [4.69, 9.17) is 4.74 Å². The van der Waals surface area contributed by atoms with E-state index in [9.17, 15) is 8.42 Å². The highest BCUT2D eigenvalue weighted by atomic mass is 127. The van der Waals surface area contributed by atoms with Gasteiger partial charge in [-0.05, 0) is 44.2 Å². The van der Waals surface area contributed by atoms with Gasteiger partial charge < -0.3 is 15.4 Å². The molecule has 0 aliphatic heterocycles. The van der Waals surface area contributed by atoms with Crippen molar-refractivity contribution in [3.63, 3.8) is 0 Å². The van der Waals surface area contributed by atoms with Crippen LogP contribution in [0.1, 0.15) is 23.6 Å². The summed E-state index contributed by atoms with van der Waals surface area (Å²) in [6, 6.07) is 15.4. The maximum atomic E-state index is 11.7. The molecular formula is C21H31IN4O3S. The lowest BCUT2D eigenvalue weighted by molar-refractivity contribution is 0.322. The van der Waals surface area contributed by atoms with Crippen molar-refractivity contribution in [2.24, 2.45) is 4.99 Å². The molecule has 0 aliphatic carbocycles. The quantitative estimate of drug-likeness (QED) is 0.185. The molecule has 0 heterocycles. The van der Waals surface area contributed by atoms with Crippen LogP contribution in [0.15, 0.2) is 53.5 Å². The predicted molar refractivity (Wildman–Crippen MR) is 133 cm³/mol. The zero-order valence-electron chi connectivity index (χ0n) is 17.6. The first-order chi connectivity index (χ1) is 13.9. The SMILES string of the molecule is CCNC(=NCc1cccc(CS(=O)(=O)NC)c1)NCCOc1ccc(C)cc1.I. The van der Waals surface area contributed by atoms with Crippen LogP contribution in [0.5, 0.6) is 5.75 Å². The molecule has 0 fully saturated rings. The van der Waals surface area contributed by atoms with Gasteiger partial charge >= 0.3 is 0 Å². The van der Waals surface area contributed by atoms with E-state index >= 15 is 0 Å². The molecule has 9 heteroatoms. The number of hydrogen-bond acceptors (Lipinski definition) is 4. The molecule has 166 valence electrons. The second kappa shape index (κ2) is 13.5. The average Bonchev–Trinajstić information content (AvgIpc) is 2.70. The van der Waals surface area contributed by atoms with E-state index in [1.54, 1.807) is 6.07 Å². The molecule has 2 rings (SSSR count). The van der Waals surface area contributed by atoms with Crippen molar-refractivity contribution >= 4 is 40.0 Å². The second-order valence-electron chi connectivity index (χ2n) is 6.57. The fourth-order valence-electron chi connectivity index (χ4n) is 2.59. The zero-order chi connectivity index (χ0) is 21.1. The van der Waals surface area contributed by atoms with Crippen LogP contribution < -0.4 is 20.1 Å². The minimum Gasteiger partial charge on any atom is -0.492 e. The largest absolute Gasteiger partial charge is 0.492 e. The molecule has 0 unspecified atom stereocenters. The van der Waals surface area contributed by atoms with Gasteiger partial charge in [0, 0.05) is 6.54 Å². The van der Waals surface area contributed by atoms with Gasteiger partial charge in [0.1, 0.15) is 12.4 Å². The first-order valence-electron chi connectivity index (χ1n) is 9.62. The summed E-state index contributed by atoms with van der Waals surface area (Å²) in [4.78, 5) is 4.57. The van der Waals surface area contributed by atoms with Gasteiger partial charge in [0.2, 0.25) is 10.0 Å². The summed E-state index contributed by atoms with van der Waals surface area (Å²) in [6.45, 7) is 6.36. The molecular weight excluding hydrogens is 515 g/mol. The number of ether oxygens (including phenoxy) is 1. The topological polar surface area (TPSA) is 91.8 Å². The van der Waals surface area contributed by atoms with Gasteiger partial charge in [0.15, 0.2) is 5.96 Å². The number of halogens is 1. The maximum absolute atomic E-state index is 11.7. The van der Waals surface area contributed by atoms with Crippen molar-refractivity contribution in [2.75, 3.05) is 26.7 Å². The lowest BCUT2D eigenvalue weighted by Gasteiger charge is -2.12. The van der Waals surface area contributed by atoms with Crippen LogP contribution in [0.3, 0.4) is 0 Å². The summed E-state index contributed by atoms with van der Waals surface area (Å²) in [5.41, 5.74) is 2.88. The summed E-state index contributed by atoms with van der Waals surface area (Å²) in [6.07, 6.45) is 0. The molecule has 2 aromatic carbocycles. The molecule has 7 nitrogen and oxygen atoms in total. The van der Waals surface area contributed by atoms with Gasteiger partial charge in [-0.2, -0.15) is 0 Å². The number of aryl methyl sites for hydroxylation is 1. The summed E-state index contributed by atoms with van der Waals surface area (Å²) in [7, 11) is -1.88. The molecule has 0 saturated carbocycles. The Morgan fingerprint density at radius 2 is 1.77 bits per heavy atom. The minimum atomic E-state index is -3.29. The maximum Gasteiger partial charge on any atom is 0.215 e. The third-order valence-electron chi connectivity index (χ3n) is 4.11. The Morgan fingerprint density at radius 1 is 1.07 bits per heavy atom. The summed E-state index contributed by atoms with van der Waals surface area (Å²) >= 11 is 0. The Kier molecular flexibility index (Phi) is 11.7. The predicted octanol–water partition coefficient (Wildman–Crippen LogP) is 2.80. The number of aliphatic imine (C=N–C) groups is 1. The van der Waals surface area contributed by atoms with Crippen LogP contribution >= 0.6 is 24.0 Å². The normalized spacial score (nSPS) is 11.5. The molecule has 0 bridgehead atoms. The van der Waals surface area contributed by atoms with Crippen LogP contribution in [0.4, 0.5) is 0 Å². The summed E-state index contributed by atoms with van der Waals surface area (Å²) in [5, 5.41) is 6.44. The lowest BCUT2D eigenvalue weighted by atomic mass is 10.1. The number of guanidine groups is 1. The first-order valence-corrected chi connectivity index (χ1v) is 11.3. The van der Waals surface area contributed by atoms with E-state index in [1.807, 2.05) is 56.3 Å². The number of benzene rings is 2. The standard InChI is InChI=1S/C21H30N4O3S.HI/c1-4-23-21(24-12-13-28-20-10-8-17(2)9-11-20)25-15-18-6-5-7-19(14-18)16-29(26,27)22-3;/h5-11,14,22H,4,12-13,15-16H2,1-3H3,(H2,23,24,25);1H. The van der Waals surface area contributed by atoms with Crippen LogP contribution in [-0.2, 0) is 22.3 Å². The van der Waals surface area contributed by atoms with E-state index < -0.39 is 10.0 Å². The number of hydrogen-bond donors (Lipinski definition) is 3. The van der Waals surface area contributed by atoms with Crippen molar-refractivity contribution in [1.82, 2.24) is 15.4 Å². The van der Waals surface area contributed by atoms with Crippen LogP contribution in [0.2, 0.25) is 0 Å². The van der Waals surface area contributed by atoms with Crippen LogP contribution in [0, 0.1) is 6.92 Å². The molecule has 0 spiro atoms. The second-order valence-corrected chi connectivity index (χ2v) is 8.49. The number of nitrogens with zero attached hydrogens (tertiary/aromatic N) is 1. The first kappa shape index (κ1) is 26.2. The Hall–Kier alpha value is -1.85. The van der Waals surface area contributed by atoms with Gasteiger partial charge in [-0.1, -0.05) is 42.0 Å². The third kappa shape index (κ3) is 9.77. The molecule has 2 aromatic rings. The van der Waals surface area contributed by atoms with Crippen molar-refractivity contribution in [2.45, 2.75) is 26.1 Å². The number of nitrogens with one attached hydrogen (secondary N) is 3. The molecule has 30 heavy (non-hydrogen) atoms. The molecule has 3 N–H and O–H groups in total. The molecule has 0 aromatic heterocycles. The van der Waals surface area contributed by atoms with Gasteiger partial charge in [-0.3, -0.25) is 0 Å².